The van der Waals surface area contributed by atoms with Gasteiger partial charge in [-0.2, -0.15) is 0 Å². The Morgan fingerprint density at radius 1 is 1.18 bits per heavy atom. The number of hydrogen-bond acceptors (Lipinski definition) is 3. The monoisotopic (exact) mass is 384 g/mol. The van der Waals surface area contributed by atoms with Crippen molar-refractivity contribution in [3.63, 3.8) is 0 Å². The molecule has 2 aromatic carbocycles. The Bertz CT molecular complexity index is 820. The Hall–Kier alpha value is -2.40. The number of aryl methyl sites for hydroxylation is 1. The van der Waals surface area contributed by atoms with Gasteiger partial charge in [0.05, 0.1) is 0 Å². The first-order valence-corrected chi connectivity index (χ1v) is 9.92. The summed E-state index contributed by atoms with van der Waals surface area (Å²) in [7, 11) is 0. The molecule has 3 rings (SSSR count). The van der Waals surface area contributed by atoms with Crippen LogP contribution in [0.2, 0.25) is 0 Å². The van der Waals surface area contributed by atoms with Gasteiger partial charge in [0, 0.05) is 37.8 Å². The number of phenols is 1. The number of rotatable bonds is 4. The van der Waals surface area contributed by atoms with E-state index in [1.54, 1.807) is 18.2 Å². The van der Waals surface area contributed by atoms with Gasteiger partial charge in [-0.25, -0.2) is 4.39 Å². The maximum absolute atomic E-state index is 13.2. The van der Waals surface area contributed by atoms with Gasteiger partial charge in [0.15, 0.2) is 0 Å². The molecule has 28 heavy (non-hydrogen) atoms. The van der Waals surface area contributed by atoms with E-state index in [0.29, 0.717) is 24.6 Å². The summed E-state index contributed by atoms with van der Waals surface area (Å²) >= 11 is 0. The van der Waals surface area contributed by atoms with Crippen molar-refractivity contribution in [1.82, 2.24) is 9.80 Å². The van der Waals surface area contributed by atoms with E-state index in [-0.39, 0.29) is 23.5 Å². The molecule has 0 radical (unpaired) electrons. The van der Waals surface area contributed by atoms with Gasteiger partial charge in [-0.05, 0) is 54.7 Å². The molecule has 1 amide bonds. The molecule has 1 heterocycles. The number of phenolic OH excluding ortho intramolecular Hbond substituents is 1. The highest BCUT2D eigenvalue weighted by atomic mass is 19.1. The van der Waals surface area contributed by atoms with Crippen molar-refractivity contribution in [2.24, 2.45) is 5.92 Å². The third-order valence-corrected chi connectivity index (χ3v) is 5.56. The van der Waals surface area contributed by atoms with E-state index < -0.39 is 0 Å². The summed E-state index contributed by atoms with van der Waals surface area (Å²) in [4.78, 5) is 17.3. The van der Waals surface area contributed by atoms with Gasteiger partial charge < -0.3 is 10.0 Å². The lowest BCUT2D eigenvalue weighted by atomic mass is 10.0. The molecular weight excluding hydrogens is 355 g/mol. The van der Waals surface area contributed by atoms with Gasteiger partial charge in [-0.1, -0.05) is 32.0 Å². The quantitative estimate of drug-likeness (QED) is 0.859. The van der Waals surface area contributed by atoms with Crippen molar-refractivity contribution >= 4 is 5.91 Å². The highest BCUT2D eigenvalue weighted by Crippen LogP contribution is 2.23. The maximum atomic E-state index is 13.2. The predicted octanol–water partition coefficient (Wildman–Crippen LogP) is 4.21. The summed E-state index contributed by atoms with van der Waals surface area (Å²) in [5.41, 5.74) is 2.37. The van der Waals surface area contributed by atoms with E-state index in [2.05, 4.69) is 18.7 Å². The topological polar surface area (TPSA) is 43.8 Å². The molecule has 1 aliphatic heterocycles. The number of aromatic hydroxyl groups is 1. The first-order valence-electron chi connectivity index (χ1n) is 9.92. The number of benzene rings is 2. The van der Waals surface area contributed by atoms with E-state index in [9.17, 15) is 14.3 Å². The van der Waals surface area contributed by atoms with Crippen molar-refractivity contribution < 1.29 is 14.3 Å². The summed E-state index contributed by atoms with van der Waals surface area (Å²) in [6.07, 6.45) is 0.883. The molecule has 0 bridgehead atoms. The molecule has 1 saturated heterocycles. The minimum Gasteiger partial charge on any atom is -0.508 e. The molecule has 1 aliphatic rings. The standard InChI is InChI=1S/C23H29FN2O2/c1-16(2)21-15-26(23(28)19-8-5-17(3)22(27)13-19)12-4-11-25(21)14-18-6-9-20(24)10-7-18/h5-10,13,16,21,27H,4,11-12,14-15H2,1-3H3/t21-/m0/s1. The first-order chi connectivity index (χ1) is 13.3. The lowest BCUT2D eigenvalue weighted by Gasteiger charge is -2.34. The van der Waals surface area contributed by atoms with Crippen LogP contribution in [-0.4, -0.2) is 46.5 Å². The molecule has 0 spiro atoms. The van der Waals surface area contributed by atoms with Gasteiger partial charge in [0.1, 0.15) is 11.6 Å². The molecule has 2 aromatic rings. The van der Waals surface area contributed by atoms with Gasteiger partial charge in [0.2, 0.25) is 0 Å². The number of hydrogen-bond donors (Lipinski definition) is 1. The van der Waals surface area contributed by atoms with Crippen LogP contribution in [0.1, 0.15) is 41.8 Å². The number of carbonyl (C=O) groups excluding carboxylic acids is 1. The van der Waals surface area contributed by atoms with Crippen LogP contribution in [0.5, 0.6) is 5.75 Å². The van der Waals surface area contributed by atoms with Gasteiger partial charge in [-0.3, -0.25) is 9.69 Å². The van der Waals surface area contributed by atoms with E-state index in [4.69, 9.17) is 0 Å². The SMILES string of the molecule is Cc1ccc(C(=O)N2CCCN(Cc3ccc(F)cc3)[C@H](C(C)C)C2)cc1O. The molecule has 0 aromatic heterocycles. The maximum Gasteiger partial charge on any atom is 0.254 e. The predicted molar refractivity (Wildman–Crippen MR) is 109 cm³/mol. The third-order valence-electron chi connectivity index (χ3n) is 5.56. The minimum atomic E-state index is -0.224. The van der Waals surface area contributed by atoms with Crippen molar-refractivity contribution in [2.45, 2.75) is 39.8 Å². The van der Waals surface area contributed by atoms with Crippen LogP contribution in [0.3, 0.4) is 0 Å². The van der Waals surface area contributed by atoms with Crippen LogP contribution in [0.4, 0.5) is 4.39 Å². The molecule has 0 unspecified atom stereocenters. The third kappa shape index (κ3) is 4.71. The second-order valence-corrected chi connectivity index (χ2v) is 8.01. The summed E-state index contributed by atoms with van der Waals surface area (Å²) in [6.45, 7) is 9.14. The Balaban J connectivity index is 1.77. The number of halogens is 1. The molecule has 150 valence electrons. The van der Waals surface area contributed by atoms with Crippen LogP contribution in [0.15, 0.2) is 42.5 Å². The summed E-state index contributed by atoms with van der Waals surface area (Å²) in [5, 5.41) is 9.96. The van der Waals surface area contributed by atoms with E-state index in [1.165, 1.54) is 12.1 Å². The fourth-order valence-corrected chi connectivity index (χ4v) is 3.83. The number of carbonyl (C=O) groups is 1. The van der Waals surface area contributed by atoms with Crippen LogP contribution in [0.25, 0.3) is 0 Å². The van der Waals surface area contributed by atoms with Crippen LogP contribution >= 0.6 is 0 Å². The molecule has 1 N–H and O–H groups in total. The molecular formula is C23H29FN2O2. The second-order valence-electron chi connectivity index (χ2n) is 8.01. The number of amides is 1. The zero-order valence-electron chi connectivity index (χ0n) is 16.9. The van der Waals surface area contributed by atoms with Crippen LogP contribution < -0.4 is 0 Å². The lowest BCUT2D eigenvalue weighted by Crippen LogP contribution is -2.45. The zero-order chi connectivity index (χ0) is 20.3. The minimum absolute atomic E-state index is 0.0374. The van der Waals surface area contributed by atoms with Gasteiger partial charge >= 0.3 is 0 Å². The highest BCUT2D eigenvalue weighted by Gasteiger charge is 2.30. The largest absolute Gasteiger partial charge is 0.508 e. The number of nitrogens with zero attached hydrogens (tertiary/aromatic N) is 2. The molecule has 1 fully saturated rings. The Kier molecular flexibility index (Phi) is 6.35. The average Bonchev–Trinajstić information content (AvgIpc) is 2.88. The summed E-state index contributed by atoms with van der Waals surface area (Å²) in [5.74, 6) is 0.266. The zero-order valence-corrected chi connectivity index (χ0v) is 16.9. The van der Waals surface area contributed by atoms with Crippen LogP contribution in [0, 0.1) is 18.7 Å². The molecule has 1 atom stereocenters. The van der Waals surface area contributed by atoms with E-state index in [0.717, 1.165) is 30.6 Å². The van der Waals surface area contributed by atoms with Crippen molar-refractivity contribution in [2.75, 3.05) is 19.6 Å². The lowest BCUT2D eigenvalue weighted by molar-refractivity contribution is 0.0702. The molecule has 0 aliphatic carbocycles. The molecule has 4 nitrogen and oxygen atoms in total. The van der Waals surface area contributed by atoms with Crippen molar-refractivity contribution in [3.8, 4) is 5.75 Å². The average molecular weight is 384 g/mol. The second kappa shape index (κ2) is 8.74. The fraction of sp³-hybridized carbons (Fsp3) is 0.435. The first kappa shape index (κ1) is 20.3. The van der Waals surface area contributed by atoms with Gasteiger partial charge in [-0.15, -0.1) is 0 Å². The van der Waals surface area contributed by atoms with Crippen LogP contribution in [-0.2, 0) is 6.54 Å². The van der Waals surface area contributed by atoms with E-state index in [1.807, 2.05) is 24.0 Å². The van der Waals surface area contributed by atoms with Crippen molar-refractivity contribution in [3.05, 3.63) is 65.0 Å². The van der Waals surface area contributed by atoms with Crippen molar-refractivity contribution in [1.29, 1.82) is 0 Å². The fourth-order valence-electron chi connectivity index (χ4n) is 3.83. The smallest absolute Gasteiger partial charge is 0.254 e. The summed E-state index contributed by atoms with van der Waals surface area (Å²) < 4.78 is 13.2. The van der Waals surface area contributed by atoms with Gasteiger partial charge in [0.25, 0.3) is 5.91 Å². The Labute approximate surface area is 166 Å². The summed E-state index contributed by atoms with van der Waals surface area (Å²) in [6, 6.07) is 12.0. The van der Waals surface area contributed by atoms with E-state index >= 15 is 0 Å². The Morgan fingerprint density at radius 3 is 2.54 bits per heavy atom. The molecule has 0 saturated carbocycles. The Morgan fingerprint density at radius 2 is 1.89 bits per heavy atom. The molecule has 5 heteroatoms. The highest BCUT2D eigenvalue weighted by molar-refractivity contribution is 5.94. The normalized spacial score (nSPS) is 18.3.